The zero-order valence-electron chi connectivity index (χ0n) is 13.7. The minimum Gasteiger partial charge on any atom is -0.377 e. The Hall–Kier alpha value is -1.44. The lowest BCUT2D eigenvalue weighted by molar-refractivity contribution is -0.127. The number of amides is 1. The molecule has 3 rings (SSSR count). The molecule has 2 aliphatic heterocycles. The summed E-state index contributed by atoms with van der Waals surface area (Å²) in [5, 5.41) is 0. The molecule has 2 fully saturated rings. The lowest BCUT2D eigenvalue weighted by Crippen LogP contribution is -2.31. The van der Waals surface area contributed by atoms with Gasteiger partial charge in [-0.3, -0.25) is 4.79 Å². The quantitative estimate of drug-likeness (QED) is 0.803. The summed E-state index contributed by atoms with van der Waals surface area (Å²) < 4.78 is 32.6. The van der Waals surface area contributed by atoms with Crippen molar-refractivity contribution in [1.29, 1.82) is 0 Å². The van der Waals surface area contributed by atoms with Gasteiger partial charge >= 0.3 is 0 Å². The van der Waals surface area contributed by atoms with E-state index in [1.165, 1.54) is 0 Å². The molecule has 0 aromatic heterocycles. The van der Waals surface area contributed by atoms with Crippen LogP contribution in [0.4, 0.5) is 0 Å². The second kappa shape index (κ2) is 7.63. The van der Waals surface area contributed by atoms with E-state index >= 15 is 0 Å². The van der Waals surface area contributed by atoms with Gasteiger partial charge in [-0.25, -0.2) is 13.1 Å². The molecule has 1 amide bonds. The third kappa shape index (κ3) is 4.34. The Bertz CT molecular complexity index is 666. The van der Waals surface area contributed by atoms with Crippen molar-refractivity contribution in [2.75, 3.05) is 26.2 Å². The fraction of sp³-hybridized carbons (Fsp3) is 0.588. The maximum absolute atomic E-state index is 12.3. The van der Waals surface area contributed by atoms with Gasteiger partial charge in [-0.15, -0.1) is 0 Å². The summed E-state index contributed by atoms with van der Waals surface area (Å²) in [4.78, 5) is 13.7. The Balaban J connectivity index is 1.53. The van der Waals surface area contributed by atoms with Crippen molar-refractivity contribution in [3.63, 3.8) is 0 Å². The van der Waals surface area contributed by atoms with Crippen LogP contribution in [-0.2, 0) is 26.0 Å². The topological polar surface area (TPSA) is 75.7 Å². The second-order valence-electron chi connectivity index (χ2n) is 6.37. The largest absolute Gasteiger partial charge is 0.377 e. The summed E-state index contributed by atoms with van der Waals surface area (Å²) >= 11 is 0. The minimum atomic E-state index is -3.50. The van der Waals surface area contributed by atoms with Gasteiger partial charge < -0.3 is 9.64 Å². The maximum atomic E-state index is 12.3. The SMILES string of the molecule is O=C1CCCN1CCc1ccc(S(=O)(=O)NCC2CCCO2)cc1. The van der Waals surface area contributed by atoms with Crippen molar-refractivity contribution in [3.05, 3.63) is 29.8 Å². The number of sulfonamides is 1. The molecule has 2 aliphatic rings. The summed E-state index contributed by atoms with van der Waals surface area (Å²) in [7, 11) is -3.50. The monoisotopic (exact) mass is 352 g/mol. The molecule has 1 aromatic rings. The van der Waals surface area contributed by atoms with Crippen LogP contribution in [0.15, 0.2) is 29.2 Å². The average molecular weight is 352 g/mol. The number of hydrogen-bond donors (Lipinski definition) is 1. The first-order chi connectivity index (χ1) is 11.5. The molecule has 2 heterocycles. The van der Waals surface area contributed by atoms with Gasteiger partial charge in [-0.1, -0.05) is 12.1 Å². The molecule has 24 heavy (non-hydrogen) atoms. The average Bonchev–Trinajstić information content (AvgIpc) is 3.23. The molecule has 0 saturated carbocycles. The highest BCUT2D eigenvalue weighted by molar-refractivity contribution is 7.89. The maximum Gasteiger partial charge on any atom is 0.240 e. The van der Waals surface area contributed by atoms with Crippen LogP contribution in [0.3, 0.4) is 0 Å². The molecule has 7 heteroatoms. The molecule has 1 aromatic carbocycles. The number of hydrogen-bond acceptors (Lipinski definition) is 4. The van der Waals surface area contributed by atoms with Crippen molar-refractivity contribution in [1.82, 2.24) is 9.62 Å². The number of carbonyl (C=O) groups is 1. The van der Waals surface area contributed by atoms with Gasteiger partial charge in [-0.05, 0) is 43.4 Å². The number of nitrogens with zero attached hydrogens (tertiary/aromatic N) is 1. The number of carbonyl (C=O) groups excluding carboxylic acids is 1. The van der Waals surface area contributed by atoms with E-state index in [4.69, 9.17) is 4.74 Å². The number of benzene rings is 1. The number of rotatable bonds is 7. The van der Waals surface area contributed by atoms with Crippen LogP contribution in [-0.4, -0.2) is 51.6 Å². The normalized spacial score (nSPS) is 21.6. The van der Waals surface area contributed by atoms with Crippen molar-refractivity contribution in [3.8, 4) is 0 Å². The van der Waals surface area contributed by atoms with E-state index < -0.39 is 10.0 Å². The van der Waals surface area contributed by atoms with Gasteiger partial charge in [0.05, 0.1) is 11.0 Å². The molecule has 0 bridgehead atoms. The van der Waals surface area contributed by atoms with Crippen molar-refractivity contribution in [2.24, 2.45) is 0 Å². The second-order valence-corrected chi connectivity index (χ2v) is 8.13. The summed E-state index contributed by atoms with van der Waals surface area (Å²) in [6.07, 6.45) is 4.20. The van der Waals surface area contributed by atoms with Crippen LogP contribution in [0.2, 0.25) is 0 Å². The third-order valence-corrected chi connectivity index (χ3v) is 6.04. The predicted octanol–water partition coefficient (Wildman–Crippen LogP) is 1.31. The highest BCUT2D eigenvalue weighted by atomic mass is 32.2. The van der Waals surface area contributed by atoms with Crippen LogP contribution in [0.25, 0.3) is 0 Å². The Morgan fingerprint density at radius 3 is 2.62 bits per heavy atom. The zero-order chi connectivity index (χ0) is 17.0. The summed E-state index contributed by atoms with van der Waals surface area (Å²) in [6, 6.07) is 6.89. The molecular weight excluding hydrogens is 328 g/mol. The molecule has 0 aliphatic carbocycles. The fourth-order valence-corrected chi connectivity index (χ4v) is 4.20. The van der Waals surface area contributed by atoms with Crippen LogP contribution < -0.4 is 4.72 Å². The van der Waals surface area contributed by atoms with E-state index in [9.17, 15) is 13.2 Å². The Labute approximate surface area is 143 Å². The summed E-state index contributed by atoms with van der Waals surface area (Å²) in [5.41, 5.74) is 1.03. The molecule has 132 valence electrons. The van der Waals surface area contributed by atoms with E-state index in [2.05, 4.69) is 4.72 Å². The lowest BCUT2D eigenvalue weighted by atomic mass is 10.1. The van der Waals surface area contributed by atoms with Crippen LogP contribution in [0.1, 0.15) is 31.2 Å². The number of ether oxygens (including phenoxy) is 1. The lowest BCUT2D eigenvalue weighted by Gasteiger charge is -2.15. The molecule has 1 unspecified atom stereocenters. The minimum absolute atomic E-state index is 0.0166. The fourth-order valence-electron chi connectivity index (χ4n) is 3.13. The number of likely N-dealkylation sites (tertiary alicyclic amines) is 1. The Morgan fingerprint density at radius 1 is 1.21 bits per heavy atom. The highest BCUT2D eigenvalue weighted by Crippen LogP contribution is 2.15. The van der Waals surface area contributed by atoms with E-state index in [0.717, 1.165) is 37.8 Å². The van der Waals surface area contributed by atoms with Gasteiger partial charge in [0.2, 0.25) is 15.9 Å². The van der Waals surface area contributed by atoms with Crippen molar-refractivity contribution in [2.45, 2.75) is 43.1 Å². The molecule has 0 spiro atoms. The first kappa shape index (κ1) is 17.4. The first-order valence-corrected chi connectivity index (χ1v) is 10.0. The van der Waals surface area contributed by atoms with Crippen molar-refractivity contribution < 1.29 is 17.9 Å². The van der Waals surface area contributed by atoms with E-state index in [0.29, 0.717) is 26.1 Å². The smallest absolute Gasteiger partial charge is 0.240 e. The molecular formula is C17H24N2O4S. The van der Waals surface area contributed by atoms with Gasteiger partial charge in [0, 0.05) is 32.7 Å². The molecule has 1 N–H and O–H groups in total. The van der Waals surface area contributed by atoms with Gasteiger partial charge in [-0.2, -0.15) is 0 Å². The summed E-state index contributed by atoms with van der Waals surface area (Å²) in [6.45, 7) is 2.56. The number of nitrogens with one attached hydrogen (secondary N) is 1. The van der Waals surface area contributed by atoms with Gasteiger partial charge in [0.15, 0.2) is 0 Å². The Kier molecular flexibility index (Phi) is 5.53. The third-order valence-electron chi connectivity index (χ3n) is 4.60. The molecule has 6 nitrogen and oxygen atoms in total. The van der Waals surface area contributed by atoms with E-state index in [1.807, 2.05) is 17.0 Å². The first-order valence-electron chi connectivity index (χ1n) is 8.52. The standard InChI is InChI=1S/C17H24N2O4S/c20-17-4-1-10-19(17)11-9-14-5-7-16(8-6-14)24(21,22)18-13-15-3-2-12-23-15/h5-8,15,18H,1-4,9-13H2. The zero-order valence-corrected chi connectivity index (χ0v) is 14.6. The van der Waals surface area contributed by atoms with E-state index in [1.54, 1.807) is 12.1 Å². The molecule has 2 saturated heterocycles. The summed E-state index contributed by atoms with van der Waals surface area (Å²) in [5.74, 6) is 0.215. The van der Waals surface area contributed by atoms with Crippen LogP contribution >= 0.6 is 0 Å². The molecule has 1 atom stereocenters. The van der Waals surface area contributed by atoms with Gasteiger partial charge in [0.25, 0.3) is 0 Å². The van der Waals surface area contributed by atoms with Crippen molar-refractivity contribution >= 4 is 15.9 Å². The van der Waals surface area contributed by atoms with Crippen LogP contribution in [0.5, 0.6) is 0 Å². The van der Waals surface area contributed by atoms with Crippen LogP contribution in [0, 0.1) is 0 Å². The highest BCUT2D eigenvalue weighted by Gasteiger charge is 2.21. The molecule has 0 radical (unpaired) electrons. The Morgan fingerprint density at radius 2 is 2.00 bits per heavy atom. The predicted molar refractivity (Wildman–Crippen MR) is 90.1 cm³/mol. The van der Waals surface area contributed by atoms with Gasteiger partial charge in [0.1, 0.15) is 0 Å². The van der Waals surface area contributed by atoms with E-state index in [-0.39, 0.29) is 16.9 Å².